The second kappa shape index (κ2) is 12.7. The van der Waals surface area contributed by atoms with E-state index in [1.54, 1.807) is 0 Å². The summed E-state index contributed by atoms with van der Waals surface area (Å²) in [7, 11) is 0. The molecule has 0 saturated carbocycles. The lowest BCUT2D eigenvalue weighted by Gasteiger charge is -2.22. The van der Waals surface area contributed by atoms with Crippen LogP contribution in [0.25, 0.3) is 10.8 Å². The Morgan fingerprint density at radius 1 is 0.969 bits per heavy atom. The first-order valence-corrected chi connectivity index (χ1v) is 10.5. The number of hydrogen-bond donors (Lipinski definition) is 3. The average molecular weight is 456 g/mol. The molecule has 0 aliphatic rings. The fourth-order valence-corrected chi connectivity index (χ4v) is 3.60. The number of nitrogens with one attached hydrogen (secondary N) is 2. The van der Waals surface area contributed by atoms with Gasteiger partial charge in [0.15, 0.2) is 0 Å². The Balaban J connectivity index is 0.00000363. The SMILES string of the molecule is C[C@@H](N[C@H](CCCNC(=O)OCc1ccccc1)C(N)=O)c1cccc2ccccc12.Cl. The van der Waals surface area contributed by atoms with Gasteiger partial charge in [0, 0.05) is 12.6 Å². The van der Waals surface area contributed by atoms with E-state index in [4.69, 9.17) is 10.5 Å². The van der Waals surface area contributed by atoms with Crippen LogP contribution in [0.3, 0.4) is 0 Å². The molecule has 0 fully saturated rings. The van der Waals surface area contributed by atoms with E-state index in [0.717, 1.165) is 21.9 Å². The number of rotatable bonds is 10. The zero-order chi connectivity index (χ0) is 22.1. The maximum Gasteiger partial charge on any atom is 0.407 e. The first-order valence-electron chi connectivity index (χ1n) is 10.5. The molecule has 7 heteroatoms. The van der Waals surface area contributed by atoms with Crippen molar-refractivity contribution in [2.24, 2.45) is 5.73 Å². The van der Waals surface area contributed by atoms with Crippen LogP contribution in [0.5, 0.6) is 0 Å². The third-order valence-corrected chi connectivity index (χ3v) is 5.24. The van der Waals surface area contributed by atoms with Gasteiger partial charge in [-0.3, -0.25) is 10.1 Å². The molecule has 0 aromatic heterocycles. The van der Waals surface area contributed by atoms with Gasteiger partial charge in [0.1, 0.15) is 6.61 Å². The fraction of sp³-hybridized carbons (Fsp3) is 0.280. The summed E-state index contributed by atoms with van der Waals surface area (Å²) >= 11 is 0. The largest absolute Gasteiger partial charge is 0.445 e. The Bertz CT molecular complexity index is 1010. The number of primary amides is 1. The molecule has 0 spiro atoms. The first kappa shape index (κ1) is 25.2. The molecule has 0 bridgehead atoms. The van der Waals surface area contributed by atoms with Crippen LogP contribution >= 0.6 is 12.4 Å². The highest BCUT2D eigenvalue weighted by atomic mass is 35.5. The predicted molar refractivity (Wildman–Crippen MR) is 130 cm³/mol. The van der Waals surface area contributed by atoms with Crippen LogP contribution < -0.4 is 16.4 Å². The lowest BCUT2D eigenvalue weighted by molar-refractivity contribution is -0.120. The second-order valence-electron chi connectivity index (χ2n) is 7.54. The molecule has 4 N–H and O–H groups in total. The van der Waals surface area contributed by atoms with Gasteiger partial charge in [0.05, 0.1) is 6.04 Å². The number of alkyl carbamates (subject to hydrolysis) is 1. The fourth-order valence-electron chi connectivity index (χ4n) is 3.60. The monoisotopic (exact) mass is 455 g/mol. The molecule has 0 unspecified atom stereocenters. The van der Waals surface area contributed by atoms with Crippen molar-refractivity contribution in [1.29, 1.82) is 0 Å². The normalized spacial score (nSPS) is 12.4. The topological polar surface area (TPSA) is 93.4 Å². The Kier molecular flexibility index (Phi) is 9.98. The molecule has 0 saturated heterocycles. The van der Waals surface area contributed by atoms with Gasteiger partial charge in [-0.2, -0.15) is 0 Å². The zero-order valence-corrected chi connectivity index (χ0v) is 18.9. The lowest BCUT2D eigenvalue weighted by atomic mass is 9.98. The number of nitrogens with two attached hydrogens (primary N) is 1. The Labute approximate surface area is 194 Å². The van der Waals surface area contributed by atoms with Gasteiger partial charge in [0.2, 0.25) is 5.91 Å². The summed E-state index contributed by atoms with van der Waals surface area (Å²) in [6.45, 7) is 2.65. The van der Waals surface area contributed by atoms with E-state index >= 15 is 0 Å². The Morgan fingerprint density at radius 3 is 2.41 bits per heavy atom. The van der Waals surface area contributed by atoms with Crippen LogP contribution in [0.2, 0.25) is 0 Å². The maximum atomic E-state index is 12.0. The minimum atomic E-state index is -0.490. The molecular weight excluding hydrogens is 426 g/mol. The number of fused-ring (bicyclic) bond motifs is 1. The van der Waals surface area contributed by atoms with Crippen LogP contribution in [0, 0.1) is 0 Å². The minimum absolute atomic E-state index is 0. The maximum absolute atomic E-state index is 12.0. The highest BCUT2D eigenvalue weighted by Gasteiger charge is 2.19. The molecule has 6 nitrogen and oxygen atoms in total. The van der Waals surface area contributed by atoms with Crippen molar-refractivity contribution >= 4 is 35.2 Å². The number of hydrogen-bond acceptors (Lipinski definition) is 4. The van der Waals surface area contributed by atoms with Gasteiger partial charge < -0.3 is 15.8 Å². The van der Waals surface area contributed by atoms with E-state index in [9.17, 15) is 9.59 Å². The predicted octanol–water partition coefficient (Wildman–Crippen LogP) is 4.47. The number of carbonyl (C=O) groups excluding carboxylic acids is 2. The molecule has 0 aliphatic carbocycles. The van der Waals surface area contributed by atoms with Crippen molar-refractivity contribution in [3.05, 3.63) is 83.9 Å². The number of benzene rings is 3. The second-order valence-corrected chi connectivity index (χ2v) is 7.54. The van der Waals surface area contributed by atoms with Crippen molar-refractivity contribution in [2.75, 3.05) is 6.54 Å². The molecule has 32 heavy (non-hydrogen) atoms. The zero-order valence-electron chi connectivity index (χ0n) is 18.1. The number of halogens is 1. The van der Waals surface area contributed by atoms with Gasteiger partial charge in [-0.25, -0.2) is 4.79 Å². The Morgan fingerprint density at radius 2 is 1.66 bits per heavy atom. The van der Waals surface area contributed by atoms with Crippen molar-refractivity contribution in [2.45, 2.75) is 38.5 Å². The molecule has 0 radical (unpaired) electrons. The summed E-state index contributed by atoms with van der Waals surface area (Å²) in [5.41, 5.74) is 7.66. The number of carbonyl (C=O) groups is 2. The van der Waals surface area contributed by atoms with Crippen molar-refractivity contribution < 1.29 is 14.3 Å². The molecular formula is C25H30ClN3O3. The quantitative estimate of drug-likeness (QED) is 0.393. The van der Waals surface area contributed by atoms with E-state index < -0.39 is 18.0 Å². The van der Waals surface area contributed by atoms with E-state index in [1.807, 2.05) is 55.5 Å². The van der Waals surface area contributed by atoms with Crippen molar-refractivity contribution in [1.82, 2.24) is 10.6 Å². The highest BCUT2D eigenvalue weighted by molar-refractivity contribution is 5.86. The molecule has 3 rings (SSSR count). The summed E-state index contributed by atoms with van der Waals surface area (Å²) < 4.78 is 5.19. The third kappa shape index (κ3) is 7.25. The Hall–Kier alpha value is -3.09. The van der Waals surface area contributed by atoms with E-state index in [2.05, 4.69) is 34.9 Å². The van der Waals surface area contributed by atoms with Gasteiger partial charge in [-0.05, 0) is 41.7 Å². The van der Waals surface area contributed by atoms with Crippen LogP contribution in [0.1, 0.15) is 36.9 Å². The average Bonchev–Trinajstić information content (AvgIpc) is 2.79. The molecule has 3 aromatic carbocycles. The van der Waals surface area contributed by atoms with Crippen LogP contribution in [-0.2, 0) is 16.1 Å². The first-order chi connectivity index (χ1) is 15.0. The molecule has 2 amide bonds. The summed E-state index contributed by atoms with van der Waals surface area (Å²) in [5, 5.41) is 8.36. The van der Waals surface area contributed by atoms with Crippen LogP contribution in [0.4, 0.5) is 4.79 Å². The van der Waals surface area contributed by atoms with Crippen LogP contribution in [-0.4, -0.2) is 24.6 Å². The molecule has 0 heterocycles. The standard InChI is InChI=1S/C25H29N3O3.ClH/c1-18(21-14-7-12-20-11-5-6-13-22(20)21)28-23(24(26)29)15-8-16-27-25(30)31-17-19-9-3-2-4-10-19;/h2-7,9-14,18,23,28H,8,15-17H2,1H3,(H2,26,29)(H,27,30);1H/t18-,23-;/m1./s1. The number of amides is 2. The highest BCUT2D eigenvalue weighted by Crippen LogP contribution is 2.24. The van der Waals surface area contributed by atoms with Crippen molar-refractivity contribution in [3.63, 3.8) is 0 Å². The van der Waals surface area contributed by atoms with Gasteiger partial charge >= 0.3 is 6.09 Å². The minimum Gasteiger partial charge on any atom is -0.445 e. The lowest BCUT2D eigenvalue weighted by Crippen LogP contribution is -2.43. The summed E-state index contributed by atoms with van der Waals surface area (Å²) in [6, 6.07) is 23.3. The summed E-state index contributed by atoms with van der Waals surface area (Å²) in [6.07, 6.45) is 0.642. The van der Waals surface area contributed by atoms with E-state index in [1.165, 1.54) is 0 Å². The van der Waals surface area contributed by atoms with E-state index in [0.29, 0.717) is 19.4 Å². The van der Waals surface area contributed by atoms with Crippen molar-refractivity contribution in [3.8, 4) is 0 Å². The molecule has 0 aliphatic heterocycles. The summed E-state index contributed by atoms with van der Waals surface area (Å²) in [5.74, 6) is -0.404. The molecule has 3 aromatic rings. The van der Waals surface area contributed by atoms with Gasteiger partial charge in [0.25, 0.3) is 0 Å². The van der Waals surface area contributed by atoms with Gasteiger partial charge in [-0.15, -0.1) is 12.4 Å². The van der Waals surface area contributed by atoms with Crippen LogP contribution in [0.15, 0.2) is 72.8 Å². The summed E-state index contributed by atoms with van der Waals surface area (Å²) in [4.78, 5) is 23.8. The van der Waals surface area contributed by atoms with Gasteiger partial charge in [-0.1, -0.05) is 72.8 Å². The van der Waals surface area contributed by atoms with E-state index in [-0.39, 0.29) is 25.1 Å². The third-order valence-electron chi connectivity index (χ3n) is 5.24. The smallest absolute Gasteiger partial charge is 0.407 e. The molecule has 2 atom stereocenters. The molecule has 170 valence electrons. The number of ether oxygens (including phenoxy) is 1.